The summed E-state index contributed by atoms with van der Waals surface area (Å²) in [5.41, 5.74) is 2.95. The number of ether oxygens (including phenoxy) is 1. The molecule has 1 aliphatic heterocycles. The average molecular weight is 626 g/mol. The predicted molar refractivity (Wildman–Crippen MR) is 163 cm³/mol. The molecule has 43 heavy (non-hydrogen) atoms. The largest absolute Gasteiger partial charge is 0.453 e. The lowest BCUT2D eigenvalue weighted by molar-refractivity contribution is -0.121. The van der Waals surface area contributed by atoms with Crippen molar-refractivity contribution in [2.45, 2.75) is 37.8 Å². The van der Waals surface area contributed by atoms with Gasteiger partial charge in [0.1, 0.15) is 6.04 Å². The number of hydrogen-bond donors (Lipinski definition) is 3. The standard InChI is InChI=1S/C29H30Cl2N8O4/c1-43-29(42)33-15-23-28(41)32-11-4-2-3-8-24(18-6-5-7-20(12-18)35-23)38-17-34-22(14-27(38)40)21-13-19(30)9-10-25(21)39-16-26(31)36-37-39/h5-7,9-10,12-14,16-17,23-24,35H,2-4,8,11,15H2,1H3,(H,32,41)(H,33,42)/t23-,24?/m1/s1. The topological polar surface area (TPSA) is 145 Å². The first-order valence-corrected chi connectivity index (χ1v) is 14.5. The molecule has 4 aromatic rings. The van der Waals surface area contributed by atoms with Gasteiger partial charge in [-0.2, -0.15) is 0 Å². The van der Waals surface area contributed by atoms with Crippen LogP contribution < -0.4 is 21.5 Å². The number of halogens is 2. The van der Waals surface area contributed by atoms with Crippen LogP contribution in [0.15, 0.2) is 65.8 Å². The SMILES string of the molecule is COC(=O)NC[C@H]1Nc2cccc(c2)C(n2cnc(-c3cc(Cl)ccc3-n3cc(Cl)nn3)cc2=O)CCCCCNC1=O. The predicted octanol–water partition coefficient (Wildman–Crippen LogP) is 4.21. The van der Waals surface area contributed by atoms with Gasteiger partial charge in [-0.3, -0.25) is 14.2 Å². The fraction of sp³-hybridized carbons (Fsp3) is 0.310. The molecule has 2 amide bonds. The molecule has 0 saturated heterocycles. The third kappa shape index (κ3) is 7.33. The molecule has 224 valence electrons. The van der Waals surface area contributed by atoms with Crippen molar-refractivity contribution in [3.63, 3.8) is 0 Å². The first-order valence-electron chi connectivity index (χ1n) is 13.7. The Morgan fingerprint density at radius 3 is 2.74 bits per heavy atom. The monoisotopic (exact) mass is 624 g/mol. The van der Waals surface area contributed by atoms with Gasteiger partial charge >= 0.3 is 6.09 Å². The number of carbonyl (C=O) groups excluding carboxylic acids is 2. The van der Waals surface area contributed by atoms with Gasteiger partial charge in [-0.25, -0.2) is 14.5 Å². The van der Waals surface area contributed by atoms with E-state index in [2.05, 4.69) is 36.0 Å². The van der Waals surface area contributed by atoms with Crippen molar-refractivity contribution in [2.24, 2.45) is 0 Å². The molecule has 0 saturated carbocycles. The second kappa shape index (κ2) is 13.7. The molecule has 14 heteroatoms. The first-order chi connectivity index (χ1) is 20.8. The van der Waals surface area contributed by atoms with Crippen LogP contribution in [-0.4, -0.2) is 62.8 Å². The summed E-state index contributed by atoms with van der Waals surface area (Å²) in [6, 6.07) is 13.2. The van der Waals surface area contributed by atoms with E-state index in [1.54, 1.807) is 35.3 Å². The van der Waals surface area contributed by atoms with Crippen LogP contribution in [0.3, 0.4) is 0 Å². The molecule has 0 fully saturated rings. The van der Waals surface area contributed by atoms with Crippen molar-refractivity contribution in [1.82, 2.24) is 35.2 Å². The summed E-state index contributed by atoms with van der Waals surface area (Å²) in [5.74, 6) is -0.234. The van der Waals surface area contributed by atoms with Gasteiger partial charge < -0.3 is 20.7 Å². The Kier molecular flexibility index (Phi) is 9.58. The number of methoxy groups -OCH3 is 1. The van der Waals surface area contributed by atoms with Crippen LogP contribution in [0.1, 0.15) is 37.3 Å². The molecule has 0 spiro atoms. The highest BCUT2D eigenvalue weighted by atomic mass is 35.5. The van der Waals surface area contributed by atoms with Gasteiger partial charge in [0.15, 0.2) is 5.15 Å². The number of rotatable bonds is 5. The van der Waals surface area contributed by atoms with Gasteiger partial charge in [0.25, 0.3) is 5.56 Å². The molecule has 2 aromatic heterocycles. The number of nitrogens with zero attached hydrogens (tertiary/aromatic N) is 5. The van der Waals surface area contributed by atoms with E-state index < -0.39 is 12.1 Å². The fourth-order valence-corrected chi connectivity index (χ4v) is 5.31. The van der Waals surface area contributed by atoms with E-state index in [9.17, 15) is 14.4 Å². The van der Waals surface area contributed by atoms with Crippen molar-refractivity contribution in [1.29, 1.82) is 0 Å². The zero-order chi connectivity index (χ0) is 30.3. The van der Waals surface area contributed by atoms with Gasteiger partial charge in [-0.15, -0.1) is 5.10 Å². The second-order valence-electron chi connectivity index (χ2n) is 10.0. The number of hydrogen-bond acceptors (Lipinski definition) is 8. The molecule has 0 radical (unpaired) electrons. The number of fused-ring (bicyclic) bond motifs is 2. The number of amides is 2. The van der Waals surface area contributed by atoms with Crippen LogP contribution in [0.5, 0.6) is 0 Å². The Morgan fingerprint density at radius 1 is 1.12 bits per heavy atom. The minimum atomic E-state index is -0.732. The number of nitrogens with one attached hydrogen (secondary N) is 3. The van der Waals surface area contributed by atoms with E-state index in [1.165, 1.54) is 17.9 Å². The van der Waals surface area contributed by atoms with Crippen molar-refractivity contribution in [2.75, 3.05) is 25.5 Å². The van der Waals surface area contributed by atoms with Crippen LogP contribution in [0.4, 0.5) is 10.5 Å². The van der Waals surface area contributed by atoms with E-state index >= 15 is 0 Å². The number of aromatic nitrogens is 5. The smallest absolute Gasteiger partial charge is 0.406 e. The molecule has 12 nitrogen and oxygen atoms in total. The Morgan fingerprint density at radius 2 is 1.98 bits per heavy atom. The molecule has 0 aliphatic carbocycles. The Labute approximate surface area is 257 Å². The minimum absolute atomic E-state index is 0.0310. The lowest BCUT2D eigenvalue weighted by Crippen LogP contribution is -2.47. The summed E-state index contributed by atoms with van der Waals surface area (Å²) < 4.78 is 7.78. The van der Waals surface area contributed by atoms with Crippen LogP contribution in [0.2, 0.25) is 10.2 Å². The third-order valence-electron chi connectivity index (χ3n) is 7.14. The quantitative estimate of drug-likeness (QED) is 0.299. The van der Waals surface area contributed by atoms with Crippen LogP contribution in [0.25, 0.3) is 16.9 Å². The molecule has 2 aromatic carbocycles. The second-order valence-corrected chi connectivity index (χ2v) is 10.8. The molecular weight excluding hydrogens is 595 g/mol. The van der Waals surface area contributed by atoms with E-state index in [1.807, 2.05) is 24.3 Å². The third-order valence-corrected chi connectivity index (χ3v) is 7.55. The highest BCUT2D eigenvalue weighted by molar-refractivity contribution is 6.31. The molecule has 1 unspecified atom stereocenters. The Balaban J connectivity index is 1.48. The number of carbonyl (C=O) groups is 2. The lowest BCUT2D eigenvalue weighted by atomic mass is 9.99. The summed E-state index contributed by atoms with van der Waals surface area (Å²) in [7, 11) is 1.27. The van der Waals surface area contributed by atoms with Crippen LogP contribution in [-0.2, 0) is 9.53 Å². The Bertz CT molecular complexity index is 1670. The molecule has 2 atom stereocenters. The zero-order valence-corrected chi connectivity index (χ0v) is 24.8. The molecule has 5 rings (SSSR count). The molecule has 3 N–H and O–H groups in total. The minimum Gasteiger partial charge on any atom is -0.453 e. The maximum absolute atomic E-state index is 13.7. The van der Waals surface area contributed by atoms with Crippen molar-refractivity contribution in [3.05, 3.63) is 87.1 Å². The van der Waals surface area contributed by atoms with Gasteiger partial charge in [0.2, 0.25) is 5.91 Å². The van der Waals surface area contributed by atoms with Crippen LogP contribution >= 0.6 is 23.2 Å². The Hall–Kier alpha value is -4.42. The molecule has 2 bridgehead atoms. The number of benzene rings is 2. The summed E-state index contributed by atoms with van der Waals surface area (Å²) in [6.07, 6.45) is 5.61. The normalized spacial score (nSPS) is 17.4. The maximum Gasteiger partial charge on any atom is 0.406 e. The summed E-state index contributed by atoms with van der Waals surface area (Å²) >= 11 is 12.3. The number of anilines is 1. The highest BCUT2D eigenvalue weighted by Gasteiger charge is 2.22. The van der Waals surface area contributed by atoms with Gasteiger partial charge in [-0.1, -0.05) is 53.4 Å². The van der Waals surface area contributed by atoms with Crippen molar-refractivity contribution < 1.29 is 14.3 Å². The van der Waals surface area contributed by atoms with Gasteiger partial charge in [0.05, 0.1) is 43.6 Å². The highest BCUT2D eigenvalue weighted by Crippen LogP contribution is 2.30. The van der Waals surface area contributed by atoms with Crippen molar-refractivity contribution >= 4 is 40.9 Å². The van der Waals surface area contributed by atoms with Gasteiger partial charge in [-0.05, 0) is 48.7 Å². The van der Waals surface area contributed by atoms with Gasteiger partial charge in [0, 0.05) is 28.9 Å². The van der Waals surface area contributed by atoms with E-state index in [-0.39, 0.29) is 29.2 Å². The zero-order valence-electron chi connectivity index (χ0n) is 23.3. The molecule has 1 aliphatic rings. The summed E-state index contributed by atoms with van der Waals surface area (Å²) in [5, 5.41) is 17.3. The van der Waals surface area contributed by atoms with Crippen LogP contribution in [0, 0.1) is 0 Å². The molecular formula is C29H30Cl2N8O4. The van der Waals surface area contributed by atoms with Crippen molar-refractivity contribution in [3.8, 4) is 16.9 Å². The maximum atomic E-state index is 13.7. The summed E-state index contributed by atoms with van der Waals surface area (Å²) in [6.45, 7) is 0.524. The van der Waals surface area contributed by atoms with E-state index in [0.717, 1.165) is 24.8 Å². The molecule has 3 heterocycles. The van der Waals surface area contributed by atoms with E-state index in [4.69, 9.17) is 23.2 Å². The average Bonchev–Trinajstić information content (AvgIpc) is 3.44. The lowest BCUT2D eigenvalue weighted by Gasteiger charge is -2.22. The number of alkyl carbamates (subject to hydrolysis) is 1. The summed E-state index contributed by atoms with van der Waals surface area (Å²) in [4.78, 5) is 42.9. The fourth-order valence-electron chi connectivity index (χ4n) is 5.01. The first kappa shape index (κ1) is 30.1. The van der Waals surface area contributed by atoms with E-state index in [0.29, 0.717) is 40.6 Å².